The van der Waals surface area contributed by atoms with Gasteiger partial charge in [0.05, 0.1) is 12.0 Å². The van der Waals surface area contributed by atoms with Crippen molar-refractivity contribution in [2.75, 3.05) is 13.7 Å². The van der Waals surface area contributed by atoms with Crippen LogP contribution in [0.2, 0.25) is 0 Å². The van der Waals surface area contributed by atoms with Crippen molar-refractivity contribution in [2.24, 2.45) is 0 Å². The SMILES string of the molecule is COc1cc(C)c([N+](=O)[O-])cc1-c1ccc([C@@H](C)CNC(=O)OC(C)(C)C)cc1. The second-order valence-corrected chi connectivity index (χ2v) is 8.00. The lowest BCUT2D eigenvalue weighted by atomic mass is 9.96. The Morgan fingerprint density at radius 2 is 1.83 bits per heavy atom. The van der Waals surface area contributed by atoms with Crippen LogP contribution in [0.4, 0.5) is 10.5 Å². The first-order valence-corrected chi connectivity index (χ1v) is 9.42. The Morgan fingerprint density at radius 1 is 1.21 bits per heavy atom. The molecule has 2 aromatic rings. The molecule has 0 aliphatic heterocycles. The number of hydrogen-bond acceptors (Lipinski definition) is 5. The number of nitrogens with zero attached hydrogens (tertiary/aromatic N) is 1. The van der Waals surface area contributed by atoms with Crippen molar-refractivity contribution in [3.05, 3.63) is 57.6 Å². The van der Waals surface area contributed by atoms with E-state index in [9.17, 15) is 14.9 Å². The van der Waals surface area contributed by atoms with Crippen molar-refractivity contribution in [3.8, 4) is 16.9 Å². The zero-order chi connectivity index (χ0) is 21.8. The third-order valence-electron chi connectivity index (χ3n) is 4.46. The maximum absolute atomic E-state index is 11.8. The molecule has 7 nitrogen and oxygen atoms in total. The maximum atomic E-state index is 11.8. The van der Waals surface area contributed by atoms with Gasteiger partial charge in [0, 0.05) is 23.7 Å². The van der Waals surface area contributed by atoms with Crippen LogP contribution in [0.1, 0.15) is 44.7 Å². The third-order valence-corrected chi connectivity index (χ3v) is 4.46. The van der Waals surface area contributed by atoms with E-state index >= 15 is 0 Å². The van der Waals surface area contributed by atoms with Gasteiger partial charge in [0.1, 0.15) is 11.4 Å². The normalized spacial score (nSPS) is 12.2. The lowest BCUT2D eigenvalue weighted by Gasteiger charge is -2.21. The number of alkyl carbamates (subject to hydrolysis) is 1. The minimum atomic E-state index is -0.537. The average molecular weight is 400 g/mol. The first kappa shape index (κ1) is 22.2. The Morgan fingerprint density at radius 3 is 2.34 bits per heavy atom. The fourth-order valence-electron chi connectivity index (χ4n) is 2.92. The molecular formula is C22H28N2O5. The number of ether oxygens (including phenoxy) is 2. The molecule has 0 aliphatic rings. The predicted molar refractivity (Wildman–Crippen MR) is 112 cm³/mol. The van der Waals surface area contributed by atoms with Crippen LogP contribution < -0.4 is 10.1 Å². The number of methoxy groups -OCH3 is 1. The Hall–Kier alpha value is -3.09. The molecule has 156 valence electrons. The van der Waals surface area contributed by atoms with Crippen LogP contribution in [-0.2, 0) is 4.74 Å². The smallest absolute Gasteiger partial charge is 0.407 e. The second-order valence-electron chi connectivity index (χ2n) is 8.00. The van der Waals surface area contributed by atoms with E-state index in [-0.39, 0.29) is 11.6 Å². The molecule has 1 N–H and O–H groups in total. The van der Waals surface area contributed by atoms with Crippen LogP contribution >= 0.6 is 0 Å². The van der Waals surface area contributed by atoms with Crippen molar-refractivity contribution >= 4 is 11.8 Å². The molecule has 7 heteroatoms. The number of carbonyl (C=O) groups excluding carboxylic acids is 1. The number of aryl methyl sites for hydroxylation is 1. The van der Waals surface area contributed by atoms with Crippen molar-refractivity contribution in [2.45, 2.75) is 46.1 Å². The van der Waals surface area contributed by atoms with Gasteiger partial charge in [-0.2, -0.15) is 0 Å². The third kappa shape index (κ3) is 5.94. The summed E-state index contributed by atoms with van der Waals surface area (Å²) in [4.78, 5) is 22.7. The van der Waals surface area contributed by atoms with E-state index in [1.807, 2.05) is 52.0 Å². The van der Waals surface area contributed by atoms with E-state index in [1.165, 1.54) is 6.07 Å². The molecule has 0 saturated heterocycles. The van der Waals surface area contributed by atoms with Gasteiger partial charge in [-0.15, -0.1) is 0 Å². The zero-order valence-electron chi connectivity index (χ0n) is 17.7. The monoisotopic (exact) mass is 400 g/mol. The lowest BCUT2D eigenvalue weighted by molar-refractivity contribution is -0.385. The Labute approximate surface area is 171 Å². The molecule has 2 rings (SSSR count). The minimum Gasteiger partial charge on any atom is -0.496 e. The van der Waals surface area contributed by atoms with E-state index in [2.05, 4.69) is 5.32 Å². The summed E-state index contributed by atoms with van der Waals surface area (Å²) in [6.45, 7) is 9.58. The summed E-state index contributed by atoms with van der Waals surface area (Å²) >= 11 is 0. The highest BCUT2D eigenvalue weighted by molar-refractivity contribution is 5.74. The number of rotatable bonds is 6. The fourth-order valence-corrected chi connectivity index (χ4v) is 2.92. The molecule has 0 spiro atoms. The van der Waals surface area contributed by atoms with Gasteiger partial charge in [-0.25, -0.2) is 4.79 Å². The van der Waals surface area contributed by atoms with Crippen LogP contribution in [0.15, 0.2) is 36.4 Å². The van der Waals surface area contributed by atoms with Crippen molar-refractivity contribution in [1.29, 1.82) is 0 Å². The number of carbonyl (C=O) groups is 1. The molecule has 0 unspecified atom stereocenters. The van der Waals surface area contributed by atoms with Gasteiger partial charge in [-0.3, -0.25) is 10.1 Å². The van der Waals surface area contributed by atoms with E-state index in [1.54, 1.807) is 20.1 Å². The Bertz CT molecular complexity index is 885. The highest BCUT2D eigenvalue weighted by Gasteiger charge is 2.18. The maximum Gasteiger partial charge on any atom is 0.407 e. The fraction of sp³-hybridized carbons (Fsp3) is 0.409. The molecule has 2 aromatic carbocycles. The van der Waals surface area contributed by atoms with Gasteiger partial charge in [0.25, 0.3) is 5.69 Å². The zero-order valence-corrected chi connectivity index (χ0v) is 17.7. The average Bonchev–Trinajstić information content (AvgIpc) is 2.64. The van der Waals surface area contributed by atoms with E-state index in [0.29, 0.717) is 23.4 Å². The highest BCUT2D eigenvalue weighted by atomic mass is 16.6. The number of nitro benzene ring substituents is 1. The molecule has 0 saturated carbocycles. The van der Waals surface area contributed by atoms with Gasteiger partial charge in [-0.1, -0.05) is 31.2 Å². The van der Waals surface area contributed by atoms with Crippen molar-refractivity contribution in [1.82, 2.24) is 5.32 Å². The van der Waals surface area contributed by atoms with Crippen molar-refractivity contribution < 1.29 is 19.2 Å². The van der Waals surface area contributed by atoms with Gasteiger partial charge < -0.3 is 14.8 Å². The first-order chi connectivity index (χ1) is 13.5. The predicted octanol–water partition coefficient (Wildman–Crippen LogP) is 5.21. The molecule has 0 aromatic heterocycles. The number of nitro groups is 1. The molecule has 0 radical (unpaired) electrons. The number of hydrogen-bond donors (Lipinski definition) is 1. The largest absolute Gasteiger partial charge is 0.496 e. The van der Waals surface area contributed by atoms with Crippen LogP contribution in [0.25, 0.3) is 11.1 Å². The van der Waals surface area contributed by atoms with Crippen molar-refractivity contribution in [3.63, 3.8) is 0 Å². The van der Waals surface area contributed by atoms with Gasteiger partial charge in [-0.05, 0) is 50.8 Å². The van der Waals surface area contributed by atoms with E-state index < -0.39 is 16.6 Å². The highest BCUT2D eigenvalue weighted by Crippen LogP contribution is 2.36. The van der Waals surface area contributed by atoms with Gasteiger partial charge in [0.2, 0.25) is 0 Å². The summed E-state index contributed by atoms with van der Waals surface area (Å²) in [5.41, 5.74) is 2.58. The summed E-state index contributed by atoms with van der Waals surface area (Å²) in [5, 5.41) is 14.1. The number of nitrogens with one attached hydrogen (secondary N) is 1. The van der Waals surface area contributed by atoms with Gasteiger partial charge in [0.15, 0.2) is 0 Å². The molecule has 0 fully saturated rings. The molecule has 0 bridgehead atoms. The molecule has 29 heavy (non-hydrogen) atoms. The number of benzene rings is 2. The number of amides is 1. The summed E-state index contributed by atoms with van der Waals surface area (Å²) in [7, 11) is 1.54. The summed E-state index contributed by atoms with van der Waals surface area (Å²) in [6, 6.07) is 10.9. The lowest BCUT2D eigenvalue weighted by Crippen LogP contribution is -2.34. The van der Waals surface area contributed by atoms with Crippen LogP contribution in [0.5, 0.6) is 5.75 Å². The Balaban J connectivity index is 2.17. The first-order valence-electron chi connectivity index (χ1n) is 9.42. The molecule has 0 heterocycles. The molecule has 1 atom stereocenters. The minimum absolute atomic E-state index is 0.0554. The Kier molecular flexibility index (Phi) is 6.84. The van der Waals surface area contributed by atoms with Gasteiger partial charge >= 0.3 is 6.09 Å². The van der Waals surface area contributed by atoms with Crippen LogP contribution in [0.3, 0.4) is 0 Å². The van der Waals surface area contributed by atoms with E-state index in [0.717, 1.165) is 11.1 Å². The molecular weight excluding hydrogens is 372 g/mol. The summed E-state index contributed by atoms with van der Waals surface area (Å²) in [5.74, 6) is 0.659. The molecule has 1 amide bonds. The van der Waals surface area contributed by atoms with Crippen LogP contribution in [0, 0.1) is 17.0 Å². The summed E-state index contributed by atoms with van der Waals surface area (Å²) in [6.07, 6.45) is -0.447. The standard InChI is InChI=1S/C22H28N2O5/c1-14-11-20(28-6)18(12-19(14)24(26)27)17-9-7-16(8-10-17)15(2)13-23-21(25)29-22(3,4)5/h7-12,15H,13H2,1-6H3,(H,23,25)/t15-/m0/s1. The second kappa shape index (κ2) is 8.94. The van der Waals surface area contributed by atoms with E-state index in [4.69, 9.17) is 9.47 Å². The van der Waals surface area contributed by atoms with Crippen LogP contribution in [-0.4, -0.2) is 30.3 Å². The molecule has 0 aliphatic carbocycles. The topological polar surface area (TPSA) is 90.7 Å². The quantitative estimate of drug-likeness (QED) is 0.531. The summed E-state index contributed by atoms with van der Waals surface area (Å²) < 4.78 is 10.7.